The first-order valence-corrected chi connectivity index (χ1v) is 8.30. The van der Waals surface area contributed by atoms with Crippen molar-refractivity contribution in [3.8, 4) is 0 Å². The largest absolute Gasteiger partial charge is 0.481 e. The van der Waals surface area contributed by atoms with Crippen molar-refractivity contribution in [1.29, 1.82) is 0 Å². The Hall–Kier alpha value is -1.39. The molecule has 1 aromatic carbocycles. The topological polar surface area (TPSA) is 55.8 Å². The van der Waals surface area contributed by atoms with E-state index in [1.165, 1.54) is 11.1 Å². The van der Waals surface area contributed by atoms with E-state index in [4.69, 9.17) is 9.47 Å². The molecule has 2 bridgehead atoms. The molecule has 0 spiro atoms. The van der Waals surface area contributed by atoms with Gasteiger partial charge in [0.05, 0.1) is 29.3 Å². The summed E-state index contributed by atoms with van der Waals surface area (Å²) in [6.45, 7) is 8.21. The molecule has 0 radical (unpaired) electrons. The van der Waals surface area contributed by atoms with E-state index in [-0.39, 0.29) is 11.7 Å². The molecule has 2 saturated heterocycles. The maximum atomic E-state index is 11.7. The molecule has 23 heavy (non-hydrogen) atoms. The summed E-state index contributed by atoms with van der Waals surface area (Å²) in [6.07, 6.45) is 2.22. The number of carboxylic acids is 1. The third kappa shape index (κ3) is 2.48. The Labute approximate surface area is 137 Å². The molecule has 2 fully saturated rings. The van der Waals surface area contributed by atoms with Gasteiger partial charge in [-0.1, -0.05) is 24.3 Å². The van der Waals surface area contributed by atoms with Crippen molar-refractivity contribution < 1.29 is 19.4 Å². The smallest absolute Gasteiger partial charge is 0.312 e. The van der Waals surface area contributed by atoms with Gasteiger partial charge in [0.15, 0.2) is 0 Å². The summed E-state index contributed by atoms with van der Waals surface area (Å²) in [4.78, 5) is 11.7. The van der Waals surface area contributed by atoms with Gasteiger partial charge in [-0.2, -0.15) is 0 Å². The lowest BCUT2D eigenvalue weighted by Gasteiger charge is -2.38. The molecule has 0 aromatic heterocycles. The highest BCUT2D eigenvalue weighted by molar-refractivity contribution is 5.75. The number of carboxylic acid groups (broad SMARTS) is 1. The second-order valence-corrected chi connectivity index (χ2v) is 7.77. The van der Waals surface area contributed by atoms with Gasteiger partial charge in [0.2, 0.25) is 0 Å². The number of fused-ring (bicyclic) bond motifs is 2. The van der Waals surface area contributed by atoms with Crippen molar-refractivity contribution in [2.75, 3.05) is 0 Å². The van der Waals surface area contributed by atoms with Crippen molar-refractivity contribution in [2.45, 2.75) is 70.9 Å². The Kier molecular flexibility index (Phi) is 3.81. The third-order valence-electron chi connectivity index (χ3n) is 6.02. The molecule has 2 aliphatic heterocycles. The highest BCUT2D eigenvalue weighted by Crippen LogP contribution is 2.59. The van der Waals surface area contributed by atoms with E-state index in [1.807, 2.05) is 12.1 Å². The predicted octanol–water partition coefficient (Wildman–Crippen LogP) is 3.70. The van der Waals surface area contributed by atoms with Gasteiger partial charge in [0.1, 0.15) is 0 Å². The number of hydrogen-bond donors (Lipinski definition) is 1. The minimum atomic E-state index is -0.911. The molecule has 126 valence electrons. The minimum absolute atomic E-state index is 0.0607. The summed E-state index contributed by atoms with van der Waals surface area (Å²) < 4.78 is 12.5. The van der Waals surface area contributed by atoms with Crippen LogP contribution in [0.2, 0.25) is 0 Å². The van der Waals surface area contributed by atoms with Gasteiger partial charge in [0, 0.05) is 6.42 Å². The molecular weight excluding hydrogens is 292 g/mol. The Balaban J connectivity index is 1.76. The van der Waals surface area contributed by atoms with Gasteiger partial charge >= 0.3 is 5.97 Å². The average Bonchev–Trinajstić information content (AvgIpc) is 2.99. The lowest BCUT2D eigenvalue weighted by atomic mass is 9.67. The van der Waals surface area contributed by atoms with E-state index in [9.17, 15) is 9.90 Å². The van der Waals surface area contributed by atoms with Gasteiger partial charge in [-0.15, -0.1) is 0 Å². The van der Waals surface area contributed by atoms with Gasteiger partial charge in [0.25, 0.3) is 0 Å². The third-order valence-corrected chi connectivity index (χ3v) is 6.02. The molecule has 1 aromatic rings. The fourth-order valence-corrected chi connectivity index (χ4v) is 3.97. The van der Waals surface area contributed by atoms with E-state index >= 15 is 0 Å². The van der Waals surface area contributed by atoms with Crippen LogP contribution in [0.25, 0.3) is 0 Å². The molecule has 0 unspecified atom stereocenters. The number of carbonyl (C=O) groups is 1. The zero-order chi connectivity index (χ0) is 16.9. The van der Waals surface area contributed by atoms with E-state index in [2.05, 4.69) is 26.0 Å². The van der Waals surface area contributed by atoms with Crippen LogP contribution in [-0.4, -0.2) is 28.4 Å². The maximum absolute atomic E-state index is 11.7. The van der Waals surface area contributed by atoms with Crippen LogP contribution in [0.1, 0.15) is 51.2 Å². The number of hydrogen-bond acceptors (Lipinski definition) is 3. The van der Waals surface area contributed by atoms with Gasteiger partial charge in [-0.3, -0.25) is 4.79 Å². The number of benzene rings is 1. The van der Waals surface area contributed by atoms with E-state index < -0.39 is 17.0 Å². The minimum Gasteiger partial charge on any atom is -0.481 e. The van der Waals surface area contributed by atoms with Crippen LogP contribution in [-0.2, 0) is 20.9 Å². The van der Waals surface area contributed by atoms with Gasteiger partial charge < -0.3 is 14.6 Å². The predicted molar refractivity (Wildman–Crippen MR) is 87.2 cm³/mol. The number of ether oxygens (including phenoxy) is 2. The second-order valence-electron chi connectivity index (χ2n) is 7.77. The molecule has 3 atom stereocenters. The summed E-state index contributed by atoms with van der Waals surface area (Å²) >= 11 is 0. The number of rotatable bonds is 5. The zero-order valence-corrected chi connectivity index (χ0v) is 14.4. The Morgan fingerprint density at radius 1 is 1.39 bits per heavy atom. The highest BCUT2D eigenvalue weighted by atomic mass is 16.6. The summed E-state index contributed by atoms with van der Waals surface area (Å²) in [7, 11) is 0. The van der Waals surface area contributed by atoms with Crippen LogP contribution in [0.4, 0.5) is 0 Å². The number of aliphatic carboxylic acids is 1. The van der Waals surface area contributed by atoms with E-state index in [0.29, 0.717) is 13.0 Å². The zero-order valence-electron chi connectivity index (χ0n) is 14.4. The van der Waals surface area contributed by atoms with Crippen LogP contribution < -0.4 is 0 Å². The fourth-order valence-electron chi connectivity index (χ4n) is 3.97. The van der Waals surface area contributed by atoms with Crippen LogP contribution in [0.15, 0.2) is 24.3 Å². The molecular formula is C19H26O4. The van der Waals surface area contributed by atoms with Crippen LogP contribution in [0.3, 0.4) is 0 Å². The fraction of sp³-hybridized carbons (Fsp3) is 0.632. The van der Waals surface area contributed by atoms with Crippen LogP contribution in [0, 0.1) is 12.3 Å². The first-order chi connectivity index (χ1) is 10.7. The molecule has 2 aliphatic rings. The molecule has 0 saturated carbocycles. The Bertz CT molecular complexity index is 624. The first kappa shape index (κ1) is 16.5. The summed E-state index contributed by atoms with van der Waals surface area (Å²) in [5.74, 6) is -0.804. The van der Waals surface area contributed by atoms with Crippen molar-refractivity contribution in [2.24, 2.45) is 5.41 Å². The number of aryl methyl sites for hydroxylation is 1. The molecule has 4 nitrogen and oxygen atoms in total. The molecule has 2 heterocycles. The molecule has 3 rings (SSSR count). The maximum Gasteiger partial charge on any atom is 0.312 e. The van der Waals surface area contributed by atoms with Crippen LogP contribution in [0.5, 0.6) is 0 Å². The van der Waals surface area contributed by atoms with Gasteiger partial charge in [-0.05, 0) is 51.7 Å². The van der Waals surface area contributed by atoms with Crippen molar-refractivity contribution >= 4 is 5.97 Å². The van der Waals surface area contributed by atoms with E-state index in [0.717, 1.165) is 12.8 Å². The van der Waals surface area contributed by atoms with E-state index in [1.54, 1.807) is 13.8 Å². The normalized spacial score (nSPS) is 33.1. The molecule has 0 aliphatic carbocycles. The average molecular weight is 318 g/mol. The highest BCUT2D eigenvalue weighted by Gasteiger charge is 2.67. The lowest BCUT2D eigenvalue weighted by molar-refractivity contribution is -0.169. The standard InChI is InChI=1S/C19H26O4/c1-13-7-5-6-8-14(13)12-22-15-11-19(17(2,3)16(20)21)10-9-18(15,4)23-19/h5-8,15H,9-12H2,1-4H3,(H,20,21)/t15-,18+,19-/m0/s1. The van der Waals surface area contributed by atoms with Crippen molar-refractivity contribution in [3.05, 3.63) is 35.4 Å². The summed E-state index contributed by atoms with van der Waals surface area (Å²) in [5, 5.41) is 9.61. The molecule has 4 heteroatoms. The molecule has 0 amide bonds. The van der Waals surface area contributed by atoms with Crippen molar-refractivity contribution in [3.63, 3.8) is 0 Å². The first-order valence-electron chi connectivity index (χ1n) is 8.30. The van der Waals surface area contributed by atoms with Gasteiger partial charge in [-0.25, -0.2) is 0 Å². The van der Waals surface area contributed by atoms with Crippen LogP contribution >= 0.6 is 0 Å². The lowest BCUT2D eigenvalue weighted by Crippen LogP contribution is -2.48. The molecule has 1 N–H and O–H groups in total. The Morgan fingerprint density at radius 3 is 2.74 bits per heavy atom. The van der Waals surface area contributed by atoms with Crippen molar-refractivity contribution in [1.82, 2.24) is 0 Å². The monoisotopic (exact) mass is 318 g/mol. The SMILES string of the molecule is Cc1ccccc1CO[C@H]1C[C@]2(C(C)(C)C(=O)O)CC[C@@]1(C)O2. The summed E-state index contributed by atoms with van der Waals surface area (Å²) in [5.41, 5.74) is 0.470. The summed E-state index contributed by atoms with van der Waals surface area (Å²) in [6, 6.07) is 8.18. The Morgan fingerprint density at radius 2 is 2.09 bits per heavy atom. The quantitative estimate of drug-likeness (QED) is 0.899. The second kappa shape index (κ2) is 5.32.